The minimum atomic E-state index is -1.08. The van der Waals surface area contributed by atoms with Crippen molar-refractivity contribution in [3.8, 4) is 17.2 Å². The van der Waals surface area contributed by atoms with E-state index in [-0.39, 0.29) is 5.82 Å². The van der Waals surface area contributed by atoms with E-state index >= 15 is 0 Å². The molecule has 0 saturated carbocycles. The second-order valence-electron chi connectivity index (χ2n) is 6.24. The monoisotopic (exact) mass is 359 g/mol. The van der Waals surface area contributed by atoms with Crippen LogP contribution in [0.15, 0.2) is 60.9 Å². The predicted octanol–water partition coefficient (Wildman–Crippen LogP) is 4.53. The SMILES string of the molecule is Cc1ccc2c(nc(C(=O)O)n2-c2cccc(Oc3cccnc3)c2)c1C. The Kier molecular flexibility index (Phi) is 4.08. The first-order valence-corrected chi connectivity index (χ1v) is 8.45. The van der Waals surface area contributed by atoms with Gasteiger partial charge in [0, 0.05) is 12.3 Å². The van der Waals surface area contributed by atoms with E-state index in [0.29, 0.717) is 22.7 Å². The van der Waals surface area contributed by atoms with Gasteiger partial charge >= 0.3 is 5.97 Å². The summed E-state index contributed by atoms with van der Waals surface area (Å²) < 4.78 is 7.47. The molecule has 2 heterocycles. The molecule has 0 aliphatic carbocycles. The Morgan fingerprint density at radius 3 is 2.63 bits per heavy atom. The standard InChI is InChI=1S/C21H17N3O3/c1-13-8-9-18-19(14(13)2)23-20(21(25)26)24(18)15-5-3-6-16(11-15)27-17-7-4-10-22-12-17/h3-12H,1-2H3,(H,25,26). The van der Waals surface area contributed by atoms with Crippen LogP contribution < -0.4 is 4.74 Å². The molecule has 0 spiro atoms. The number of aryl methyl sites for hydroxylation is 2. The Labute approximate surface area is 155 Å². The van der Waals surface area contributed by atoms with Crippen LogP contribution in [-0.2, 0) is 0 Å². The van der Waals surface area contributed by atoms with E-state index < -0.39 is 5.97 Å². The van der Waals surface area contributed by atoms with Gasteiger partial charge in [0.15, 0.2) is 0 Å². The predicted molar refractivity (Wildman–Crippen MR) is 102 cm³/mol. The molecule has 0 radical (unpaired) electrons. The minimum absolute atomic E-state index is 0.0303. The van der Waals surface area contributed by atoms with E-state index in [2.05, 4.69) is 9.97 Å². The quantitative estimate of drug-likeness (QED) is 0.579. The number of benzene rings is 2. The fourth-order valence-corrected chi connectivity index (χ4v) is 3.01. The fraction of sp³-hybridized carbons (Fsp3) is 0.0952. The molecule has 134 valence electrons. The highest BCUT2D eigenvalue weighted by Crippen LogP contribution is 2.29. The van der Waals surface area contributed by atoms with Gasteiger partial charge in [-0.05, 0) is 55.3 Å². The van der Waals surface area contributed by atoms with E-state index in [9.17, 15) is 9.90 Å². The first kappa shape index (κ1) is 16.8. The number of ether oxygens (including phenoxy) is 1. The molecule has 6 nitrogen and oxygen atoms in total. The zero-order valence-corrected chi connectivity index (χ0v) is 14.9. The highest BCUT2D eigenvalue weighted by atomic mass is 16.5. The van der Waals surface area contributed by atoms with Crippen LogP contribution in [0.1, 0.15) is 21.7 Å². The number of imidazole rings is 1. The number of carboxylic acid groups (broad SMARTS) is 1. The highest BCUT2D eigenvalue weighted by Gasteiger charge is 2.20. The van der Waals surface area contributed by atoms with Crippen LogP contribution >= 0.6 is 0 Å². The van der Waals surface area contributed by atoms with Gasteiger partial charge in [0.1, 0.15) is 11.5 Å². The third-order valence-electron chi connectivity index (χ3n) is 4.49. The topological polar surface area (TPSA) is 77.2 Å². The lowest BCUT2D eigenvalue weighted by Gasteiger charge is -2.10. The first-order chi connectivity index (χ1) is 13.0. The van der Waals surface area contributed by atoms with E-state index in [0.717, 1.165) is 16.6 Å². The summed E-state index contributed by atoms with van der Waals surface area (Å²) in [4.78, 5) is 20.2. The average molecular weight is 359 g/mol. The molecule has 0 amide bonds. The number of aromatic carboxylic acids is 1. The molecule has 2 aromatic heterocycles. The summed E-state index contributed by atoms with van der Waals surface area (Å²) in [7, 11) is 0. The minimum Gasteiger partial charge on any atom is -0.475 e. The van der Waals surface area contributed by atoms with E-state index in [4.69, 9.17) is 4.74 Å². The summed E-state index contributed by atoms with van der Waals surface area (Å²) in [6.07, 6.45) is 3.29. The maximum atomic E-state index is 11.8. The number of nitrogens with zero attached hydrogens (tertiary/aromatic N) is 3. The molecule has 4 rings (SSSR count). The maximum Gasteiger partial charge on any atom is 0.372 e. The zero-order chi connectivity index (χ0) is 19.0. The molecule has 2 aromatic carbocycles. The summed E-state index contributed by atoms with van der Waals surface area (Å²) >= 11 is 0. The van der Waals surface area contributed by atoms with Crippen LogP contribution in [0, 0.1) is 13.8 Å². The van der Waals surface area contributed by atoms with Crippen molar-refractivity contribution in [2.24, 2.45) is 0 Å². The van der Waals surface area contributed by atoms with Crippen LogP contribution in [0.4, 0.5) is 0 Å². The van der Waals surface area contributed by atoms with Gasteiger partial charge in [0.25, 0.3) is 0 Å². The maximum absolute atomic E-state index is 11.8. The number of hydrogen-bond donors (Lipinski definition) is 1. The van der Waals surface area contributed by atoms with Crippen molar-refractivity contribution in [3.63, 3.8) is 0 Å². The molecule has 4 aromatic rings. The van der Waals surface area contributed by atoms with Crippen molar-refractivity contribution in [2.45, 2.75) is 13.8 Å². The molecule has 0 bridgehead atoms. The fourth-order valence-electron chi connectivity index (χ4n) is 3.01. The Balaban J connectivity index is 1.87. The lowest BCUT2D eigenvalue weighted by Crippen LogP contribution is -2.08. The Hall–Kier alpha value is -3.67. The van der Waals surface area contributed by atoms with Crippen molar-refractivity contribution in [1.29, 1.82) is 0 Å². The molecular formula is C21H17N3O3. The van der Waals surface area contributed by atoms with Gasteiger partial charge < -0.3 is 9.84 Å². The lowest BCUT2D eigenvalue weighted by atomic mass is 10.1. The number of hydrogen-bond acceptors (Lipinski definition) is 4. The molecule has 0 unspecified atom stereocenters. The Morgan fingerprint density at radius 2 is 1.89 bits per heavy atom. The second-order valence-corrected chi connectivity index (χ2v) is 6.24. The van der Waals surface area contributed by atoms with E-state index in [1.165, 1.54) is 0 Å². The van der Waals surface area contributed by atoms with Crippen LogP contribution in [0.2, 0.25) is 0 Å². The smallest absolute Gasteiger partial charge is 0.372 e. The van der Waals surface area contributed by atoms with Crippen molar-refractivity contribution in [3.05, 3.63) is 77.9 Å². The van der Waals surface area contributed by atoms with Gasteiger partial charge in [0.05, 0.1) is 22.9 Å². The molecule has 0 aliphatic rings. The third-order valence-corrected chi connectivity index (χ3v) is 4.49. The van der Waals surface area contributed by atoms with Crippen molar-refractivity contribution >= 4 is 17.0 Å². The van der Waals surface area contributed by atoms with Crippen molar-refractivity contribution < 1.29 is 14.6 Å². The van der Waals surface area contributed by atoms with Gasteiger partial charge in [-0.25, -0.2) is 9.78 Å². The summed E-state index contributed by atoms with van der Waals surface area (Å²) in [6, 6.07) is 14.7. The third kappa shape index (κ3) is 3.01. The average Bonchev–Trinajstić information content (AvgIpc) is 3.06. The van der Waals surface area contributed by atoms with Crippen LogP contribution in [0.5, 0.6) is 11.5 Å². The number of carbonyl (C=O) groups is 1. The molecule has 6 heteroatoms. The molecule has 0 fully saturated rings. The molecule has 0 saturated heterocycles. The number of rotatable bonds is 4. The number of pyridine rings is 1. The summed E-state index contributed by atoms with van der Waals surface area (Å²) in [5.41, 5.74) is 4.13. The van der Waals surface area contributed by atoms with Crippen LogP contribution in [0.25, 0.3) is 16.7 Å². The lowest BCUT2D eigenvalue weighted by molar-refractivity contribution is 0.0682. The highest BCUT2D eigenvalue weighted by molar-refractivity contribution is 5.93. The van der Waals surface area contributed by atoms with Gasteiger partial charge in [-0.15, -0.1) is 0 Å². The second kappa shape index (κ2) is 6.57. The zero-order valence-electron chi connectivity index (χ0n) is 14.9. The van der Waals surface area contributed by atoms with Gasteiger partial charge in [0.2, 0.25) is 5.82 Å². The van der Waals surface area contributed by atoms with Crippen molar-refractivity contribution in [1.82, 2.24) is 14.5 Å². The van der Waals surface area contributed by atoms with E-state index in [1.54, 1.807) is 35.2 Å². The molecular weight excluding hydrogens is 342 g/mol. The molecule has 27 heavy (non-hydrogen) atoms. The largest absolute Gasteiger partial charge is 0.475 e. The van der Waals surface area contributed by atoms with Crippen LogP contribution in [0.3, 0.4) is 0 Å². The summed E-state index contributed by atoms with van der Waals surface area (Å²) in [6.45, 7) is 3.93. The van der Waals surface area contributed by atoms with Gasteiger partial charge in [-0.2, -0.15) is 0 Å². The number of fused-ring (bicyclic) bond motifs is 1. The van der Waals surface area contributed by atoms with Gasteiger partial charge in [-0.3, -0.25) is 9.55 Å². The molecule has 1 N–H and O–H groups in total. The normalized spacial score (nSPS) is 10.9. The Bertz CT molecular complexity index is 1150. The first-order valence-electron chi connectivity index (χ1n) is 8.45. The molecule has 0 aliphatic heterocycles. The van der Waals surface area contributed by atoms with Gasteiger partial charge in [-0.1, -0.05) is 12.1 Å². The Morgan fingerprint density at radius 1 is 1.07 bits per heavy atom. The summed E-state index contributed by atoms with van der Waals surface area (Å²) in [5.74, 6) is 0.0802. The molecule has 0 atom stereocenters. The van der Waals surface area contributed by atoms with Crippen molar-refractivity contribution in [2.75, 3.05) is 0 Å². The number of carboxylic acids is 1. The van der Waals surface area contributed by atoms with E-state index in [1.807, 2.05) is 44.2 Å². The summed E-state index contributed by atoms with van der Waals surface area (Å²) in [5, 5.41) is 9.67. The number of aromatic nitrogens is 3. The van der Waals surface area contributed by atoms with Crippen LogP contribution in [-0.4, -0.2) is 25.6 Å².